The molecule has 0 spiro atoms. The molecule has 0 radical (unpaired) electrons. The predicted molar refractivity (Wildman–Crippen MR) is 134 cm³/mol. The summed E-state index contributed by atoms with van der Waals surface area (Å²) in [7, 11) is 2.07. The highest BCUT2D eigenvalue weighted by atomic mass is 19.1. The number of rotatable bonds is 5. The molecule has 0 unspecified atom stereocenters. The molecule has 0 aliphatic carbocycles. The number of nitrogens with zero attached hydrogens (tertiary/aromatic N) is 4. The summed E-state index contributed by atoms with van der Waals surface area (Å²) in [5.41, 5.74) is 2.95. The van der Waals surface area contributed by atoms with Gasteiger partial charge in [0.1, 0.15) is 12.4 Å². The Hall–Kier alpha value is -3.13. The van der Waals surface area contributed by atoms with Crippen LogP contribution < -0.4 is 9.64 Å². The van der Waals surface area contributed by atoms with Crippen molar-refractivity contribution >= 4 is 5.69 Å². The number of benzene rings is 1. The van der Waals surface area contributed by atoms with Crippen molar-refractivity contribution in [2.24, 2.45) is 0 Å². The lowest BCUT2D eigenvalue weighted by Gasteiger charge is -2.35. The first kappa shape index (κ1) is 24.6. The highest BCUT2D eigenvalue weighted by Gasteiger charge is 2.26. The van der Waals surface area contributed by atoms with E-state index in [9.17, 15) is 13.2 Å². The fourth-order valence-corrected chi connectivity index (χ4v) is 5.18. The van der Waals surface area contributed by atoms with Crippen molar-refractivity contribution in [3.63, 3.8) is 0 Å². The van der Waals surface area contributed by atoms with Gasteiger partial charge >= 0.3 is 0 Å². The van der Waals surface area contributed by atoms with E-state index in [2.05, 4.69) is 21.9 Å². The van der Waals surface area contributed by atoms with Crippen LogP contribution in [0, 0.1) is 17.6 Å². The van der Waals surface area contributed by atoms with Crippen molar-refractivity contribution in [3.8, 4) is 16.9 Å². The van der Waals surface area contributed by atoms with Crippen molar-refractivity contribution in [2.45, 2.75) is 45.1 Å². The minimum absolute atomic E-state index is 0.138. The van der Waals surface area contributed by atoms with Crippen LogP contribution in [0.15, 0.2) is 36.5 Å². The molecule has 3 aromatic rings. The highest BCUT2D eigenvalue weighted by Crippen LogP contribution is 2.40. The van der Waals surface area contributed by atoms with Crippen molar-refractivity contribution in [1.29, 1.82) is 0 Å². The maximum atomic E-state index is 14.9. The summed E-state index contributed by atoms with van der Waals surface area (Å²) in [5, 5.41) is 0. The molecule has 0 amide bonds. The Morgan fingerprint density at radius 1 is 1.00 bits per heavy atom. The molecule has 5 rings (SSSR count). The van der Waals surface area contributed by atoms with Gasteiger partial charge in [-0.25, -0.2) is 13.8 Å². The zero-order valence-corrected chi connectivity index (χ0v) is 20.9. The van der Waals surface area contributed by atoms with Gasteiger partial charge in [0, 0.05) is 35.0 Å². The lowest BCUT2D eigenvalue weighted by Crippen LogP contribution is -2.38. The van der Waals surface area contributed by atoms with Crippen LogP contribution in [0.3, 0.4) is 0 Å². The van der Waals surface area contributed by atoms with Crippen LogP contribution in [0.2, 0.25) is 0 Å². The number of likely N-dealkylation sites (tertiary alicyclic amines) is 1. The number of fused-ring (bicyclic) bond motifs is 1. The summed E-state index contributed by atoms with van der Waals surface area (Å²) in [6.45, 7) is 6.96. The van der Waals surface area contributed by atoms with E-state index in [0.29, 0.717) is 41.4 Å². The maximum Gasteiger partial charge on any atom is 0.216 e. The third kappa shape index (κ3) is 4.91. The van der Waals surface area contributed by atoms with Gasteiger partial charge in [0.25, 0.3) is 0 Å². The van der Waals surface area contributed by atoms with Crippen LogP contribution in [0.5, 0.6) is 5.75 Å². The molecule has 0 atom stereocenters. The lowest BCUT2D eigenvalue weighted by molar-refractivity contribution is 0.252. The Bertz CT molecular complexity index is 1260. The van der Waals surface area contributed by atoms with Gasteiger partial charge in [0.15, 0.2) is 11.6 Å². The fraction of sp³-hybridized carbons (Fsp3) is 0.429. The molecule has 36 heavy (non-hydrogen) atoms. The van der Waals surface area contributed by atoms with Crippen molar-refractivity contribution in [3.05, 3.63) is 71.1 Å². The Morgan fingerprint density at radius 2 is 1.78 bits per heavy atom. The second-order valence-corrected chi connectivity index (χ2v) is 10.0. The Balaban J connectivity index is 1.41. The molecule has 0 bridgehead atoms. The lowest BCUT2D eigenvalue weighted by atomic mass is 9.90. The topological polar surface area (TPSA) is 41.5 Å². The van der Waals surface area contributed by atoms with Crippen LogP contribution in [0.4, 0.5) is 18.9 Å². The highest BCUT2D eigenvalue weighted by molar-refractivity contribution is 5.74. The Morgan fingerprint density at radius 3 is 2.50 bits per heavy atom. The number of hydrogen-bond acceptors (Lipinski definition) is 5. The second kappa shape index (κ2) is 10.1. The van der Waals surface area contributed by atoms with Gasteiger partial charge in [0.2, 0.25) is 5.95 Å². The summed E-state index contributed by atoms with van der Waals surface area (Å²) in [4.78, 5) is 12.7. The zero-order chi connectivity index (χ0) is 25.4. The standard InChI is InChI=1S/C28H31F3N4O/c1-17(2)35-10-11-36-27-24(29)12-19(13-26(27)35)23-15-21(32-16-25(23)30)14-20-4-5-22(28(31)33-20)18-6-8-34(3)9-7-18/h4-5,12-13,15-18H,6-11,14H2,1-3H3. The third-order valence-electron chi connectivity index (χ3n) is 7.21. The summed E-state index contributed by atoms with van der Waals surface area (Å²) in [6, 6.07) is 8.41. The molecular formula is C28H31F3N4O. The van der Waals surface area contributed by atoms with E-state index >= 15 is 0 Å². The van der Waals surface area contributed by atoms with E-state index in [-0.39, 0.29) is 29.7 Å². The molecule has 1 saturated heterocycles. The molecule has 1 aromatic carbocycles. The average molecular weight is 497 g/mol. The van der Waals surface area contributed by atoms with E-state index in [1.807, 2.05) is 30.9 Å². The van der Waals surface area contributed by atoms with Crippen molar-refractivity contribution in [2.75, 3.05) is 38.2 Å². The minimum atomic E-state index is -0.553. The van der Waals surface area contributed by atoms with Crippen molar-refractivity contribution < 1.29 is 17.9 Å². The molecular weight excluding hydrogens is 465 g/mol. The predicted octanol–water partition coefficient (Wildman–Crippen LogP) is 5.57. The van der Waals surface area contributed by atoms with Gasteiger partial charge in [-0.05, 0) is 82.6 Å². The number of aromatic nitrogens is 2. The molecule has 1 fully saturated rings. The molecule has 2 aromatic heterocycles. The first-order chi connectivity index (χ1) is 17.3. The van der Waals surface area contributed by atoms with Gasteiger partial charge in [-0.3, -0.25) is 4.98 Å². The van der Waals surface area contributed by atoms with Crippen LogP contribution >= 0.6 is 0 Å². The van der Waals surface area contributed by atoms with E-state index in [1.165, 1.54) is 6.07 Å². The smallest absolute Gasteiger partial charge is 0.216 e. The van der Waals surface area contributed by atoms with E-state index < -0.39 is 17.6 Å². The summed E-state index contributed by atoms with van der Waals surface area (Å²) < 4.78 is 50.2. The van der Waals surface area contributed by atoms with Crippen LogP contribution in [-0.2, 0) is 6.42 Å². The van der Waals surface area contributed by atoms with Crippen LogP contribution in [-0.4, -0.2) is 54.2 Å². The Labute approximate surface area is 209 Å². The van der Waals surface area contributed by atoms with E-state index in [0.717, 1.165) is 32.1 Å². The van der Waals surface area contributed by atoms with Gasteiger partial charge in [-0.1, -0.05) is 6.07 Å². The second-order valence-electron chi connectivity index (χ2n) is 10.0. The number of piperidine rings is 1. The van der Waals surface area contributed by atoms with E-state index in [1.54, 1.807) is 12.1 Å². The van der Waals surface area contributed by atoms with Crippen LogP contribution in [0.1, 0.15) is 49.6 Å². The number of halogens is 3. The summed E-state index contributed by atoms with van der Waals surface area (Å²) >= 11 is 0. The molecule has 0 saturated carbocycles. The Kier molecular flexibility index (Phi) is 6.88. The minimum Gasteiger partial charge on any atom is -0.486 e. The molecule has 0 N–H and O–H groups in total. The number of pyridine rings is 2. The molecule has 190 valence electrons. The molecule has 8 heteroatoms. The quantitative estimate of drug-likeness (QED) is 0.432. The maximum absolute atomic E-state index is 14.9. The monoisotopic (exact) mass is 496 g/mol. The van der Waals surface area contributed by atoms with Crippen molar-refractivity contribution in [1.82, 2.24) is 14.9 Å². The summed E-state index contributed by atoms with van der Waals surface area (Å²) in [6.07, 6.45) is 3.19. The van der Waals surface area contributed by atoms with Gasteiger partial charge < -0.3 is 14.5 Å². The SMILES string of the molecule is CC(C)N1CCOc2c(F)cc(-c3cc(Cc4ccc(C5CCN(C)CC5)c(F)n4)ncc3F)cc21. The largest absolute Gasteiger partial charge is 0.486 e. The fourth-order valence-electron chi connectivity index (χ4n) is 5.18. The normalized spacial score (nSPS) is 16.8. The number of hydrogen-bond donors (Lipinski definition) is 0. The first-order valence-electron chi connectivity index (χ1n) is 12.5. The molecule has 2 aliphatic rings. The zero-order valence-electron chi connectivity index (χ0n) is 20.9. The molecule has 5 nitrogen and oxygen atoms in total. The van der Waals surface area contributed by atoms with Gasteiger partial charge in [-0.15, -0.1) is 0 Å². The van der Waals surface area contributed by atoms with E-state index in [4.69, 9.17) is 4.74 Å². The van der Waals surface area contributed by atoms with Gasteiger partial charge in [0.05, 0.1) is 18.4 Å². The number of anilines is 1. The molecule has 4 heterocycles. The van der Waals surface area contributed by atoms with Gasteiger partial charge in [-0.2, -0.15) is 4.39 Å². The number of ether oxygens (including phenoxy) is 1. The molecule has 2 aliphatic heterocycles. The van der Waals surface area contributed by atoms with Crippen LogP contribution in [0.25, 0.3) is 11.1 Å². The third-order valence-corrected chi connectivity index (χ3v) is 7.21. The summed E-state index contributed by atoms with van der Waals surface area (Å²) in [5.74, 6) is -1.17. The first-order valence-corrected chi connectivity index (χ1v) is 12.5. The average Bonchev–Trinajstić information content (AvgIpc) is 2.85.